The van der Waals surface area contributed by atoms with Crippen molar-refractivity contribution in [2.45, 2.75) is 19.9 Å². The third-order valence-corrected chi connectivity index (χ3v) is 3.86. The van der Waals surface area contributed by atoms with Gasteiger partial charge in [-0.1, -0.05) is 24.3 Å². The van der Waals surface area contributed by atoms with Crippen LogP contribution in [-0.4, -0.2) is 33.3 Å². The van der Waals surface area contributed by atoms with Crippen molar-refractivity contribution in [1.29, 1.82) is 0 Å². The summed E-state index contributed by atoms with van der Waals surface area (Å²) in [7, 11) is 3.25. The predicted molar refractivity (Wildman–Crippen MR) is 120 cm³/mol. The van der Waals surface area contributed by atoms with Crippen LogP contribution in [0, 0.1) is 0 Å². The van der Waals surface area contributed by atoms with Crippen molar-refractivity contribution in [3.8, 4) is 17.2 Å². The molecule has 3 N–H and O–H groups in total. The molecule has 0 saturated carbocycles. The van der Waals surface area contributed by atoms with Gasteiger partial charge >= 0.3 is 0 Å². The maximum atomic E-state index is 5.96. The smallest absolute Gasteiger partial charge is 0.188 e. The maximum Gasteiger partial charge on any atom is 0.188 e. The lowest BCUT2D eigenvalue weighted by Crippen LogP contribution is -2.33. The van der Waals surface area contributed by atoms with E-state index >= 15 is 0 Å². The van der Waals surface area contributed by atoms with Gasteiger partial charge in [-0.15, -0.1) is 24.0 Å². The highest BCUT2D eigenvalue weighted by Crippen LogP contribution is 2.27. The Morgan fingerprint density at radius 2 is 1.78 bits per heavy atom. The standard InChI is InChI=1S/C20H27N3O3.HI/c1-4-26-17-8-6-5-7-16(17)14-23-20(21)22-12-11-15-9-10-18(24-2)19(13-15)25-3;/h5-10,13H,4,11-12,14H2,1-3H3,(H3,21,22,23);1H. The Labute approximate surface area is 178 Å². The molecule has 2 rings (SSSR count). The molecule has 0 fully saturated rings. The molecule has 0 aliphatic heterocycles. The molecule has 0 heterocycles. The number of methoxy groups -OCH3 is 2. The highest BCUT2D eigenvalue weighted by atomic mass is 127. The molecule has 0 radical (unpaired) electrons. The molecule has 7 heteroatoms. The fourth-order valence-electron chi connectivity index (χ4n) is 2.53. The lowest BCUT2D eigenvalue weighted by atomic mass is 10.1. The van der Waals surface area contributed by atoms with Gasteiger partial charge < -0.3 is 25.3 Å². The first-order valence-electron chi connectivity index (χ1n) is 8.63. The molecule has 2 aromatic rings. The predicted octanol–water partition coefficient (Wildman–Crippen LogP) is 3.37. The first-order chi connectivity index (χ1) is 12.7. The quantitative estimate of drug-likeness (QED) is 0.324. The molecule has 0 amide bonds. The van der Waals surface area contributed by atoms with Crippen LogP contribution in [0.5, 0.6) is 17.2 Å². The minimum Gasteiger partial charge on any atom is -0.494 e. The van der Waals surface area contributed by atoms with Crippen LogP contribution in [0.3, 0.4) is 0 Å². The van der Waals surface area contributed by atoms with E-state index in [0.29, 0.717) is 25.7 Å². The zero-order chi connectivity index (χ0) is 18.8. The molecule has 0 atom stereocenters. The van der Waals surface area contributed by atoms with E-state index in [1.807, 2.05) is 49.4 Å². The molecule has 0 aliphatic carbocycles. The molecule has 27 heavy (non-hydrogen) atoms. The van der Waals surface area contributed by atoms with Gasteiger partial charge in [0.2, 0.25) is 0 Å². The number of hydrogen-bond acceptors (Lipinski definition) is 4. The fraction of sp³-hybridized carbons (Fsp3) is 0.350. The van der Waals surface area contributed by atoms with E-state index in [9.17, 15) is 0 Å². The normalized spacial score (nSPS) is 10.7. The summed E-state index contributed by atoms with van der Waals surface area (Å²) >= 11 is 0. The van der Waals surface area contributed by atoms with Crippen LogP contribution in [0.15, 0.2) is 47.5 Å². The van der Waals surface area contributed by atoms with E-state index in [2.05, 4.69) is 10.3 Å². The Balaban J connectivity index is 0.00000364. The van der Waals surface area contributed by atoms with Crippen LogP contribution in [0.2, 0.25) is 0 Å². The first kappa shape index (κ1) is 22.9. The molecule has 0 unspecified atom stereocenters. The monoisotopic (exact) mass is 485 g/mol. The summed E-state index contributed by atoms with van der Waals surface area (Å²) in [5.41, 5.74) is 8.11. The van der Waals surface area contributed by atoms with Crippen molar-refractivity contribution in [2.75, 3.05) is 27.4 Å². The SMILES string of the molecule is CCOc1ccccc1CN=C(N)NCCc1ccc(OC)c(OC)c1.I. The molecular formula is C20H28IN3O3. The lowest BCUT2D eigenvalue weighted by molar-refractivity contribution is 0.336. The molecule has 0 aliphatic rings. The largest absolute Gasteiger partial charge is 0.494 e. The lowest BCUT2D eigenvalue weighted by Gasteiger charge is -2.11. The van der Waals surface area contributed by atoms with Crippen molar-refractivity contribution >= 4 is 29.9 Å². The summed E-state index contributed by atoms with van der Waals surface area (Å²) in [6.45, 7) is 3.74. The van der Waals surface area contributed by atoms with E-state index in [1.54, 1.807) is 14.2 Å². The number of aliphatic imine (C=N–C) groups is 1. The number of halogens is 1. The number of ether oxygens (including phenoxy) is 3. The summed E-state index contributed by atoms with van der Waals surface area (Å²) in [5, 5.41) is 3.13. The van der Waals surface area contributed by atoms with E-state index in [4.69, 9.17) is 19.9 Å². The van der Waals surface area contributed by atoms with Crippen LogP contribution in [0.25, 0.3) is 0 Å². The first-order valence-corrected chi connectivity index (χ1v) is 8.63. The number of para-hydroxylation sites is 1. The number of rotatable bonds is 9. The summed E-state index contributed by atoms with van der Waals surface area (Å²) < 4.78 is 16.2. The van der Waals surface area contributed by atoms with Gasteiger partial charge in [0.25, 0.3) is 0 Å². The topological polar surface area (TPSA) is 78.1 Å². The van der Waals surface area contributed by atoms with Gasteiger partial charge in [0.05, 0.1) is 27.4 Å². The number of nitrogens with zero attached hydrogens (tertiary/aromatic N) is 1. The summed E-state index contributed by atoms with van der Waals surface area (Å²) in [6, 6.07) is 13.7. The third-order valence-electron chi connectivity index (χ3n) is 3.86. The van der Waals surface area contributed by atoms with Gasteiger partial charge in [0.1, 0.15) is 5.75 Å². The summed E-state index contributed by atoms with van der Waals surface area (Å²) in [5.74, 6) is 2.70. The second-order valence-corrected chi connectivity index (χ2v) is 5.61. The average molecular weight is 485 g/mol. The van der Waals surface area contributed by atoms with Crippen molar-refractivity contribution in [1.82, 2.24) is 5.32 Å². The molecular weight excluding hydrogens is 457 g/mol. The minimum absolute atomic E-state index is 0. The van der Waals surface area contributed by atoms with E-state index in [0.717, 1.165) is 34.8 Å². The molecule has 2 aromatic carbocycles. The van der Waals surface area contributed by atoms with Gasteiger partial charge in [0, 0.05) is 12.1 Å². The zero-order valence-corrected chi connectivity index (χ0v) is 18.4. The van der Waals surface area contributed by atoms with Crippen LogP contribution >= 0.6 is 24.0 Å². The summed E-state index contributed by atoms with van der Waals surface area (Å²) in [6.07, 6.45) is 0.798. The number of guanidine groups is 1. The van der Waals surface area contributed by atoms with Gasteiger partial charge in [0.15, 0.2) is 17.5 Å². The second-order valence-electron chi connectivity index (χ2n) is 5.61. The Bertz CT molecular complexity index is 738. The number of nitrogens with one attached hydrogen (secondary N) is 1. The molecule has 0 bridgehead atoms. The summed E-state index contributed by atoms with van der Waals surface area (Å²) in [4.78, 5) is 4.39. The van der Waals surface area contributed by atoms with Gasteiger partial charge in [-0.05, 0) is 37.1 Å². The van der Waals surface area contributed by atoms with Gasteiger partial charge in [-0.3, -0.25) is 0 Å². The molecule has 0 aromatic heterocycles. The number of nitrogens with two attached hydrogens (primary N) is 1. The van der Waals surface area contributed by atoms with Crippen molar-refractivity contribution in [3.05, 3.63) is 53.6 Å². The van der Waals surface area contributed by atoms with E-state index < -0.39 is 0 Å². The Kier molecular flexibility index (Phi) is 10.4. The number of hydrogen-bond donors (Lipinski definition) is 2. The van der Waals surface area contributed by atoms with Gasteiger partial charge in [-0.25, -0.2) is 4.99 Å². The van der Waals surface area contributed by atoms with Gasteiger partial charge in [-0.2, -0.15) is 0 Å². The molecule has 0 spiro atoms. The van der Waals surface area contributed by atoms with Crippen LogP contribution in [0.1, 0.15) is 18.1 Å². The number of benzene rings is 2. The second kappa shape index (κ2) is 12.3. The Morgan fingerprint density at radius 3 is 2.48 bits per heavy atom. The maximum absolute atomic E-state index is 5.96. The van der Waals surface area contributed by atoms with Crippen LogP contribution in [0.4, 0.5) is 0 Å². The fourth-order valence-corrected chi connectivity index (χ4v) is 2.53. The highest BCUT2D eigenvalue weighted by Gasteiger charge is 2.05. The van der Waals surface area contributed by atoms with Crippen LogP contribution < -0.4 is 25.3 Å². The van der Waals surface area contributed by atoms with E-state index in [-0.39, 0.29) is 24.0 Å². The zero-order valence-electron chi connectivity index (χ0n) is 16.0. The Morgan fingerprint density at radius 1 is 1.04 bits per heavy atom. The van der Waals surface area contributed by atoms with Crippen LogP contribution in [-0.2, 0) is 13.0 Å². The minimum atomic E-state index is 0. The van der Waals surface area contributed by atoms with Crippen molar-refractivity contribution in [2.24, 2.45) is 10.7 Å². The van der Waals surface area contributed by atoms with Crippen molar-refractivity contribution in [3.63, 3.8) is 0 Å². The molecule has 6 nitrogen and oxygen atoms in total. The average Bonchev–Trinajstić information content (AvgIpc) is 2.67. The molecule has 148 valence electrons. The Hall–Kier alpha value is -2.16. The third kappa shape index (κ3) is 7.16. The van der Waals surface area contributed by atoms with E-state index in [1.165, 1.54) is 0 Å². The highest BCUT2D eigenvalue weighted by molar-refractivity contribution is 14.0. The molecule has 0 saturated heterocycles. The van der Waals surface area contributed by atoms with Crippen molar-refractivity contribution < 1.29 is 14.2 Å².